The van der Waals surface area contributed by atoms with Gasteiger partial charge in [-0.25, -0.2) is 9.69 Å². The standard InChI is InChI=1S/C12H18INO3/c1-12(2,3)17-11(16)14-9-6-7(10(14)15)4-5-8(9)13/h7-9H,4-6H2,1-3H3/t7-,8-,9-/m0/s1. The molecule has 5 heteroatoms. The molecular formula is C12H18INO3. The summed E-state index contributed by atoms with van der Waals surface area (Å²) in [5.41, 5.74) is -0.547. The van der Waals surface area contributed by atoms with Crippen molar-refractivity contribution < 1.29 is 14.3 Å². The number of fused-ring (bicyclic) bond motifs is 2. The Hall–Kier alpha value is -0.330. The van der Waals surface area contributed by atoms with Crippen LogP contribution in [0.3, 0.4) is 0 Å². The van der Waals surface area contributed by atoms with E-state index in [9.17, 15) is 9.59 Å². The fraction of sp³-hybridized carbons (Fsp3) is 0.833. The normalized spacial score (nSPS) is 32.8. The summed E-state index contributed by atoms with van der Waals surface area (Å²) >= 11 is 2.34. The SMILES string of the molecule is CC(C)(C)OC(=O)N1C(=O)[C@H]2CC[C@H](I)[C@@H]1C2. The molecule has 2 aliphatic rings. The number of halogens is 1. The molecule has 1 heterocycles. The van der Waals surface area contributed by atoms with E-state index < -0.39 is 11.7 Å². The topological polar surface area (TPSA) is 46.6 Å². The molecule has 1 saturated heterocycles. The van der Waals surface area contributed by atoms with Crippen molar-refractivity contribution >= 4 is 34.6 Å². The van der Waals surface area contributed by atoms with Crippen molar-refractivity contribution in [2.24, 2.45) is 5.92 Å². The van der Waals surface area contributed by atoms with E-state index in [2.05, 4.69) is 22.6 Å². The van der Waals surface area contributed by atoms with E-state index in [0.29, 0.717) is 3.92 Å². The van der Waals surface area contributed by atoms with Gasteiger partial charge >= 0.3 is 6.09 Å². The monoisotopic (exact) mass is 351 g/mol. The van der Waals surface area contributed by atoms with Crippen LogP contribution in [0.15, 0.2) is 0 Å². The van der Waals surface area contributed by atoms with Crippen LogP contribution in [-0.2, 0) is 9.53 Å². The number of ether oxygens (including phenoxy) is 1. The lowest BCUT2D eigenvalue weighted by Crippen LogP contribution is -2.45. The van der Waals surface area contributed by atoms with Gasteiger partial charge in [-0.15, -0.1) is 0 Å². The zero-order valence-corrected chi connectivity index (χ0v) is 12.6. The van der Waals surface area contributed by atoms with Crippen LogP contribution in [-0.4, -0.2) is 32.5 Å². The van der Waals surface area contributed by atoms with Crippen LogP contribution in [0.1, 0.15) is 40.0 Å². The molecule has 96 valence electrons. The second kappa shape index (κ2) is 4.40. The number of hydrogen-bond donors (Lipinski definition) is 0. The van der Waals surface area contributed by atoms with E-state index in [4.69, 9.17) is 4.74 Å². The van der Waals surface area contributed by atoms with Gasteiger partial charge < -0.3 is 4.74 Å². The van der Waals surface area contributed by atoms with Gasteiger partial charge in [0.25, 0.3) is 0 Å². The van der Waals surface area contributed by atoms with E-state index in [-0.39, 0.29) is 17.9 Å². The van der Waals surface area contributed by atoms with Gasteiger partial charge in [-0.2, -0.15) is 0 Å². The van der Waals surface area contributed by atoms with Crippen LogP contribution < -0.4 is 0 Å². The van der Waals surface area contributed by atoms with E-state index in [1.54, 1.807) is 0 Å². The fourth-order valence-corrected chi connectivity index (χ4v) is 3.47. The highest BCUT2D eigenvalue weighted by Gasteiger charge is 2.49. The van der Waals surface area contributed by atoms with E-state index >= 15 is 0 Å². The first-order valence-corrected chi connectivity index (χ1v) is 7.24. The van der Waals surface area contributed by atoms with Gasteiger partial charge in [0.15, 0.2) is 0 Å². The third-order valence-electron chi connectivity index (χ3n) is 3.24. The maximum atomic E-state index is 12.1. The summed E-state index contributed by atoms with van der Waals surface area (Å²) in [5.74, 6) is 0.00181. The van der Waals surface area contributed by atoms with Crippen molar-refractivity contribution in [3.05, 3.63) is 0 Å². The molecule has 0 aromatic heterocycles. The second-order valence-corrected chi connectivity index (χ2v) is 7.38. The maximum Gasteiger partial charge on any atom is 0.417 e. The van der Waals surface area contributed by atoms with Crippen molar-refractivity contribution in [3.8, 4) is 0 Å². The van der Waals surface area contributed by atoms with Crippen LogP contribution in [0.25, 0.3) is 0 Å². The summed E-state index contributed by atoms with van der Waals surface area (Å²) in [4.78, 5) is 25.5. The summed E-state index contributed by atoms with van der Waals surface area (Å²) in [6, 6.07) is 0.0386. The Morgan fingerprint density at radius 1 is 1.41 bits per heavy atom. The zero-order chi connectivity index (χ0) is 12.8. The molecular weight excluding hydrogens is 333 g/mol. The van der Waals surface area contributed by atoms with Crippen molar-refractivity contribution in [3.63, 3.8) is 0 Å². The molecule has 2 fully saturated rings. The number of likely N-dealkylation sites (tertiary alicyclic amines) is 1. The van der Waals surface area contributed by atoms with Gasteiger partial charge in [-0.05, 0) is 40.0 Å². The number of hydrogen-bond acceptors (Lipinski definition) is 3. The van der Waals surface area contributed by atoms with Crippen molar-refractivity contribution in [1.29, 1.82) is 0 Å². The van der Waals surface area contributed by atoms with Crippen molar-refractivity contribution in [1.82, 2.24) is 4.90 Å². The first kappa shape index (κ1) is 13.1. The van der Waals surface area contributed by atoms with Crippen LogP contribution in [0.5, 0.6) is 0 Å². The predicted octanol–water partition coefficient (Wildman–Crippen LogP) is 2.74. The Morgan fingerprint density at radius 3 is 2.65 bits per heavy atom. The van der Waals surface area contributed by atoms with Crippen molar-refractivity contribution in [2.45, 2.75) is 55.6 Å². The molecule has 0 aromatic rings. The Labute approximate surface area is 115 Å². The molecule has 0 N–H and O–H groups in total. The molecule has 2 bridgehead atoms. The molecule has 2 rings (SSSR count). The Balaban J connectivity index is 2.15. The van der Waals surface area contributed by atoms with Crippen LogP contribution in [0.2, 0.25) is 0 Å². The molecule has 17 heavy (non-hydrogen) atoms. The van der Waals surface area contributed by atoms with Crippen LogP contribution in [0, 0.1) is 5.92 Å². The Morgan fingerprint density at radius 2 is 2.06 bits per heavy atom. The van der Waals surface area contributed by atoms with Crippen molar-refractivity contribution in [2.75, 3.05) is 0 Å². The number of nitrogens with zero attached hydrogens (tertiary/aromatic N) is 1. The smallest absolute Gasteiger partial charge is 0.417 e. The minimum Gasteiger partial charge on any atom is -0.443 e. The number of imide groups is 1. The minimum atomic E-state index is -0.547. The summed E-state index contributed by atoms with van der Waals surface area (Å²) < 4.78 is 5.68. The molecule has 4 nitrogen and oxygen atoms in total. The second-order valence-electron chi connectivity index (χ2n) is 5.78. The van der Waals surface area contributed by atoms with E-state index in [1.807, 2.05) is 20.8 Å². The van der Waals surface area contributed by atoms with Gasteiger partial charge in [0.05, 0.1) is 6.04 Å². The van der Waals surface area contributed by atoms with Crippen LogP contribution in [0.4, 0.5) is 4.79 Å². The highest BCUT2D eigenvalue weighted by Crippen LogP contribution is 2.40. The first-order chi connectivity index (χ1) is 7.79. The number of rotatable bonds is 0. The number of alkyl halides is 1. The van der Waals surface area contributed by atoms with Gasteiger partial charge in [0.2, 0.25) is 5.91 Å². The lowest BCUT2D eigenvalue weighted by Gasteiger charge is -2.29. The highest BCUT2D eigenvalue weighted by molar-refractivity contribution is 14.1. The minimum absolute atomic E-state index is 0.0385. The van der Waals surface area contributed by atoms with Gasteiger partial charge in [0.1, 0.15) is 5.60 Å². The molecule has 2 amide bonds. The number of amides is 2. The van der Waals surface area contributed by atoms with Gasteiger partial charge in [-0.3, -0.25) is 4.79 Å². The summed E-state index contributed by atoms with van der Waals surface area (Å²) in [6.07, 6.45) is 2.26. The molecule has 0 radical (unpaired) electrons. The molecule has 1 aliphatic heterocycles. The molecule has 1 saturated carbocycles. The lowest BCUT2D eigenvalue weighted by atomic mass is 9.90. The molecule has 3 atom stereocenters. The third kappa shape index (κ3) is 2.58. The van der Waals surface area contributed by atoms with E-state index in [0.717, 1.165) is 19.3 Å². The average Bonchev–Trinajstić information content (AvgIpc) is 2.44. The average molecular weight is 351 g/mol. The number of carbonyl (C=O) groups excluding carboxylic acids is 2. The first-order valence-electron chi connectivity index (χ1n) is 6.00. The number of carbonyl (C=O) groups is 2. The molecule has 0 unspecified atom stereocenters. The lowest BCUT2D eigenvalue weighted by molar-refractivity contribution is -0.130. The van der Waals surface area contributed by atoms with Crippen LogP contribution >= 0.6 is 22.6 Å². The molecule has 0 aromatic carbocycles. The maximum absolute atomic E-state index is 12.1. The quantitative estimate of drug-likeness (QED) is 0.498. The van der Waals surface area contributed by atoms with Gasteiger partial charge in [-0.1, -0.05) is 22.6 Å². The fourth-order valence-electron chi connectivity index (χ4n) is 2.50. The zero-order valence-electron chi connectivity index (χ0n) is 10.4. The molecule has 1 aliphatic carbocycles. The Kier molecular flexibility index (Phi) is 3.40. The van der Waals surface area contributed by atoms with Gasteiger partial charge in [0, 0.05) is 9.84 Å². The summed E-state index contributed by atoms with van der Waals surface area (Å²) in [5, 5.41) is 0. The summed E-state index contributed by atoms with van der Waals surface area (Å²) in [7, 11) is 0. The third-order valence-corrected chi connectivity index (χ3v) is 4.70. The Bertz CT molecular complexity index is 350. The predicted molar refractivity (Wildman–Crippen MR) is 72.0 cm³/mol. The summed E-state index contributed by atoms with van der Waals surface area (Å²) in [6.45, 7) is 5.46. The molecule has 0 spiro atoms. The van der Waals surface area contributed by atoms with E-state index in [1.165, 1.54) is 4.90 Å². The highest BCUT2D eigenvalue weighted by atomic mass is 127. The largest absolute Gasteiger partial charge is 0.443 e.